The van der Waals surface area contributed by atoms with E-state index >= 15 is 0 Å². The fourth-order valence-corrected chi connectivity index (χ4v) is 4.44. The maximum Gasteiger partial charge on any atom is 0.243 e. The number of anilines is 1. The molecule has 0 unspecified atom stereocenters. The number of rotatable bonds is 8. The molecular formula is C23H24N2O4S. The monoisotopic (exact) mass is 424 g/mol. The van der Waals surface area contributed by atoms with Crippen molar-refractivity contribution >= 4 is 21.6 Å². The van der Waals surface area contributed by atoms with Crippen molar-refractivity contribution in [2.75, 3.05) is 12.4 Å². The van der Waals surface area contributed by atoms with Gasteiger partial charge >= 0.3 is 0 Å². The minimum Gasteiger partial charge on any atom is -0.497 e. The molecule has 0 spiro atoms. The summed E-state index contributed by atoms with van der Waals surface area (Å²) in [5, 5.41) is 2.71. The second-order valence-corrected chi connectivity index (χ2v) is 8.75. The predicted molar refractivity (Wildman–Crippen MR) is 117 cm³/mol. The van der Waals surface area contributed by atoms with Crippen LogP contribution in [0.4, 0.5) is 5.69 Å². The first-order valence-corrected chi connectivity index (χ1v) is 10.9. The highest BCUT2D eigenvalue weighted by Gasteiger charge is 2.24. The van der Waals surface area contributed by atoms with Gasteiger partial charge in [0.05, 0.1) is 12.0 Å². The number of amides is 1. The van der Waals surface area contributed by atoms with E-state index in [-0.39, 0.29) is 23.9 Å². The number of benzene rings is 3. The van der Waals surface area contributed by atoms with Crippen LogP contribution in [0.25, 0.3) is 0 Å². The molecule has 0 aliphatic rings. The lowest BCUT2D eigenvalue weighted by Crippen LogP contribution is -2.30. The van der Waals surface area contributed by atoms with Crippen LogP contribution >= 0.6 is 0 Å². The van der Waals surface area contributed by atoms with Crippen molar-refractivity contribution in [3.63, 3.8) is 0 Å². The topological polar surface area (TPSA) is 75.7 Å². The number of hydrogen-bond acceptors (Lipinski definition) is 4. The molecule has 1 N–H and O–H groups in total. The zero-order valence-electron chi connectivity index (χ0n) is 16.9. The zero-order valence-corrected chi connectivity index (χ0v) is 17.7. The summed E-state index contributed by atoms with van der Waals surface area (Å²) in [4.78, 5) is 11.4. The van der Waals surface area contributed by atoms with Crippen LogP contribution in [0, 0.1) is 0 Å². The average molecular weight is 425 g/mol. The van der Waals surface area contributed by atoms with Gasteiger partial charge < -0.3 is 10.1 Å². The minimum atomic E-state index is -3.71. The van der Waals surface area contributed by atoms with Crippen LogP contribution in [0.5, 0.6) is 5.75 Å². The van der Waals surface area contributed by atoms with Crippen LogP contribution in [0.2, 0.25) is 0 Å². The summed E-state index contributed by atoms with van der Waals surface area (Å²) >= 11 is 0. The van der Waals surface area contributed by atoms with Gasteiger partial charge in [0.2, 0.25) is 15.9 Å². The molecule has 0 aliphatic heterocycles. The fraction of sp³-hybridized carbons (Fsp3) is 0.174. The number of carbonyl (C=O) groups is 1. The molecule has 156 valence electrons. The van der Waals surface area contributed by atoms with Crippen molar-refractivity contribution in [1.82, 2.24) is 4.31 Å². The molecule has 0 aromatic heterocycles. The van der Waals surface area contributed by atoms with E-state index in [0.717, 1.165) is 11.1 Å². The SMILES string of the molecule is COc1ccc(CN(Cc2ccc(NC(C)=O)cc2)S(=O)(=O)c2ccccc2)cc1. The first-order valence-electron chi connectivity index (χ1n) is 9.43. The Hall–Kier alpha value is -3.16. The molecule has 1 amide bonds. The van der Waals surface area contributed by atoms with E-state index in [0.29, 0.717) is 11.4 Å². The standard InChI is InChI=1S/C23H24N2O4S/c1-18(26)24-21-12-8-19(9-13-21)16-25(17-20-10-14-22(29-2)15-11-20)30(27,28)23-6-4-3-5-7-23/h3-15H,16-17H2,1-2H3,(H,24,26). The van der Waals surface area contributed by atoms with Crippen molar-refractivity contribution in [3.05, 3.63) is 90.0 Å². The molecule has 0 radical (unpaired) electrons. The molecule has 30 heavy (non-hydrogen) atoms. The van der Waals surface area contributed by atoms with E-state index < -0.39 is 10.0 Å². The van der Waals surface area contributed by atoms with Crippen molar-refractivity contribution in [1.29, 1.82) is 0 Å². The van der Waals surface area contributed by atoms with Gasteiger partial charge in [-0.3, -0.25) is 4.79 Å². The molecule has 3 aromatic carbocycles. The van der Waals surface area contributed by atoms with Crippen molar-refractivity contribution in [3.8, 4) is 5.75 Å². The number of carbonyl (C=O) groups excluding carboxylic acids is 1. The van der Waals surface area contributed by atoms with Crippen LogP contribution in [0.1, 0.15) is 18.1 Å². The predicted octanol–water partition coefficient (Wildman–Crippen LogP) is 4.04. The molecule has 6 nitrogen and oxygen atoms in total. The summed E-state index contributed by atoms with van der Waals surface area (Å²) in [5.74, 6) is 0.556. The Morgan fingerprint density at radius 3 is 1.90 bits per heavy atom. The van der Waals surface area contributed by atoms with Gasteiger partial charge in [0.15, 0.2) is 0 Å². The number of ether oxygens (including phenoxy) is 1. The van der Waals surface area contributed by atoms with Gasteiger partial charge in [0.1, 0.15) is 5.75 Å². The van der Waals surface area contributed by atoms with E-state index in [2.05, 4.69) is 5.32 Å². The van der Waals surface area contributed by atoms with Gasteiger partial charge in [-0.1, -0.05) is 42.5 Å². The number of hydrogen-bond donors (Lipinski definition) is 1. The molecule has 7 heteroatoms. The minimum absolute atomic E-state index is 0.157. The highest BCUT2D eigenvalue weighted by Crippen LogP contribution is 2.23. The van der Waals surface area contributed by atoms with Crippen molar-refractivity contribution in [2.24, 2.45) is 0 Å². The molecule has 3 rings (SSSR count). The molecular weight excluding hydrogens is 400 g/mol. The molecule has 0 saturated heterocycles. The normalized spacial score (nSPS) is 11.3. The Kier molecular flexibility index (Phi) is 6.87. The Bertz CT molecular complexity index is 1080. The second kappa shape index (κ2) is 9.56. The third-order valence-corrected chi connectivity index (χ3v) is 6.34. The summed E-state index contributed by atoms with van der Waals surface area (Å²) in [6, 6.07) is 22.9. The van der Waals surface area contributed by atoms with Crippen LogP contribution in [0.3, 0.4) is 0 Å². The molecule has 0 aliphatic carbocycles. The Morgan fingerprint density at radius 1 is 0.867 bits per heavy atom. The molecule has 0 heterocycles. The summed E-state index contributed by atoms with van der Waals surface area (Å²) in [6.07, 6.45) is 0. The van der Waals surface area contributed by atoms with Gasteiger partial charge in [-0.25, -0.2) is 8.42 Å². The summed E-state index contributed by atoms with van der Waals surface area (Å²) in [5.41, 5.74) is 2.33. The lowest BCUT2D eigenvalue weighted by Gasteiger charge is -2.23. The van der Waals surface area contributed by atoms with Crippen molar-refractivity contribution < 1.29 is 17.9 Å². The summed E-state index contributed by atoms with van der Waals surface area (Å²) in [7, 11) is -2.12. The lowest BCUT2D eigenvalue weighted by molar-refractivity contribution is -0.114. The summed E-state index contributed by atoms with van der Waals surface area (Å²) < 4.78 is 33.3. The third kappa shape index (κ3) is 5.46. The maximum absolute atomic E-state index is 13.3. The second-order valence-electron chi connectivity index (χ2n) is 6.81. The number of nitrogens with one attached hydrogen (secondary N) is 1. The Labute approximate surface area is 177 Å². The fourth-order valence-electron chi connectivity index (χ4n) is 3.00. The number of sulfonamides is 1. The highest BCUT2D eigenvalue weighted by atomic mass is 32.2. The van der Waals surface area contributed by atoms with Gasteiger partial charge in [-0.2, -0.15) is 4.31 Å². The Balaban J connectivity index is 1.89. The highest BCUT2D eigenvalue weighted by molar-refractivity contribution is 7.89. The first-order chi connectivity index (χ1) is 14.4. The van der Waals surface area contributed by atoms with Crippen LogP contribution < -0.4 is 10.1 Å². The van der Waals surface area contributed by atoms with E-state index in [1.54, 1.807) is 49.6 Å². The first kappa shape index (κ1) is 21.5. The molecule has 0 bridgehead atoms. The molecule has 0 saturated carbocycles. The van der Waals surface area contributed by atoms with Crippen LogP contribution in [0.15, 0.2) is 83.8 Å². The van der Waals surface area contributed by atoms with Gasteiger partial charge in [-0.05, 0) is 47.5 Å². The van der Waals surface area contributed by atoms with E-state index in [1.165, 1.54) is 11.2 Å². The lowest BCUT2D eigenvalue weighted by atomic mass is 10.2. The largest absolute Gasteiger partial charge is 0.497 e. The van der Waals surface area contributed by atoms with Gasteiger partial charge in [0.25, 0.3) is 0 Å². The maximum atomic E-state index is 13.3. The quantitative estimate of drug-likeness (QED) is 0.592. The van der Waals surface area contributed by atoms with Crippen LogP contribution in [-0.2, 0) is 27.9 Å². The van der Waals surface area contributed by atoms with Crippen LogP contribution in [-0.4, -0.2) is 25.7 Å². The average Bonchev–Trinajstić information content (AvgIpc) is 2.75. The Morgan fingerprint density at radius 2 is 1.40 bits per heavy atom. The smallest absolute Gasteiger partial charge is 0.243 e. The van der Waals surface area contributed by atoms with E-state index in [4.69, 9.17) is 4.74 Å². The zero-order chi connectivity index (χ0) is 21.6. The van der Waals surface area contributed by atoms with E-state index in [9.17, 15) is 13.2 Å². The van der Waals surface area contributed by atoms with Gasteiger partial charge in [0, 0.05) is 25.7 Å². The third-order valence-electron chi connectivity index (χ3n) is 4.53. The van der Waals surface area contributed by atoms with E-state index in [1.807, 2.05) is 36.4 Å². The number of methoxy groups -OCH3 is 1. The molecule has 0 fully saturated rings. The number of nitrogens with zero attached hydrogens (tertiary/aromatic N) is 1. The van der Waals surface area contributed by atoms with Crippen molar-refractivity contribution in [2.45, 2.75) is 24.9 Å². The molecule has 3 aromatic rings. The van der Waals surface area contributed by atoms with Gasteiger partial charge in [-0.15, -0.1) is 0 Å². The molecule has 0 atom stereocenters. The summed E-state index contributed by atoms with van der Waals surface area (Å²) in [6.45, 7) is 1.86.